The molecular weight excluding hydrogens is 342 g/mol. The van der Waals surface area contributed by atoms with E-state index in [0.29, 0.717) is 13.1 Å². The average Bonchev–Trinajstić information content (AvgIpc) is 2.66. The van der Waals surface area contributed by atoms with Crippen LogP contribution < -0.4 is 5.32 Å². The van der Waals surface area contributed by atoms with Crippen LogP contribution in [0.3, 0.4) is 0 Å². The highest BCUT2D eigenvalue weighted by atomic mass is 16.4. The summed E-state index contributed by atoms with van der Waals surface area (Å²) in [4.78, 5) is 27.7. The summed E-state index contributed by atoms with van der Waals surface area (Å²) in [6.07, 6.45) is 4.83. The number of carboxylic acids is 1. The Bertz CT molecular complexity index is 683. The van der Waals surface area contributed by atoms with Crippen molar-refractivity contribution in [1.82, 2.24) is 15.1 Å². The van der Waals surface area contributed by atoms with Gasteiger partial charge in [0, 0.05) is 19.1 Å². The third kappa shape index (κ3) is 4.80. The van der Waals surface area contributed by atoms with Crippen LogP contribution in [0.5, 0.6) is 0 Å². The van der Waals surface area contributed by atoms with Gasteiger partial charge in [-0.2, -0.15) is 0 Å². The van der Waals surface area contributed by atoms with Gasteiger partial charge in [0.2, 0.25) is 0 Å². The predicted molar refractivity (Wildman–Crippen MR) is 105 cm³/mol. The van der Waals surface area contributed by atoms with Gasteiger partial charge in [-0.1, -0.05) is 30.7 Å². The SMILES string of the molecule is CCN(CC(=O)O)C1CCN(C(=O)N[C@@H]2CCCc3ccc(C)cc32)CC1. The lowest BCUT2D eigenvalue weighted by atomic mass is 9.87. The minimum atomic E-state index is -0.789. The van der Waals surface area contributed by atoms with Crippen LogP contribution in [0.2, 0.25) is 0 Å². The molecule has 2 amide bonds. The average molecular weight is 373 g/mol. The van der Waals surface area contributed by atoms with Gasteiger partial charge in [-0.3, -0.25) is 9.69 Å². The maximum atomic E-state index is 12.8. The molecule has 1 atom stereocenters. The van der Waals surface area contributed by atoms with Crippen LogP contribution in [-0.2, 0) is 11.2 Å². The lowest BCUT2D eigenvalue weighted by Gasteiger charge is -2.38. The molecule has 1 aromatic rings. The maximum Gasteiger partial charge on any atom is 0.317 e. The molecule has 1 aliphatic carbocycles. The summed E-state index contributed by atoms with van der Waals surface area (Å²) in [6, 6.07) is 6.89. The fourth-order valence-electron chi connectivity index (χ4n) is 4.42. The summed E-state index contributed by atoms with van der Waals surface area (Å²) in [5, 5.41) is 12.3. The number of likely N-dealkylation sites (tertiary alicyclic amines) is 1. The number of hydrogen-bond donors (Lipinski definition) is 2. The number of rotatable bonds is 5. The van der Waals surface area contributed by atoms with E-state index in [1.165, 1.54) is 16.7 Å². The van der Waals surface area contributed by atoms with Gasteiger partial charge < -0.3 is 15.3 Å². The number of carbonyl (C=O) groups excluding carboxylic acids is 1. The molecule has 1 saturated heterocycles. The molecule has 6 heteroatoms. The van der Waals surface area contributed by atoms with E-state index in [1.807, 2.05) is 16.7 Å². The lowest BCUT2D eigenvalue weighted by molar-refractivity contribution is -0.139. The molecule has 0 spiro atoms. The third-order valence-corrected chi connectivity index (χ3v) is 5.93. The van der Waals surface area contributed by atoms with Gasteiger partial charge in [-0.15, -0.1) is 0 Å². The van der Waals surface area contributed by atoms with Gasteiger partial charge in [0.15, 0.2) is 0 Å². The Morgan fingerprint density at radius 2 is 2.00 bits per heavy atom. The van der Waals surface area contributed by atoms with Crippen molar-refractivity contribution in [3.8, 4) is 0 Å². The van der Waals surface area contributed by atoms with E-state index in [-0.39, 0.29) is 24.7 Å². The van der Waals surface area contributed by atoms with Crippen molar-refractivity contribution in [2.75, 3.05) is 26.2 Å². The van der Waals surface area contributed by atoms with Crippen molar-refractivity contribution < 1.29 is 14.7 Å². The Balaban J connectivity index is 1.56. The normalized spacial score (nSPS) is 20.4. The number of nitrogens with zero attached hydrogens (tertiary/aromatic N) is 2. The fraction of sp³-hybridized carbons (Fsp3) is 0.619. The molecule has 2 aliphatic rings. The van der Waals surface area contributed by atoms with E-state index < -0.39 is 5.97 Å². The number of amides is 2. The highest BCUT2D eigenvalue weighted by Crippen LogP contribution is 2.30. The minimum Gasteiger partial charge on any atom is -0.480 e. The second-order valence-corrected chi connectivity index (χ2v) is 7.77. The van der Waals surface area contributed by atoms with Crippen molar-refractivity contribution >= 4 is 12.0 Å². The van der Waals surface area contributed by atoms with Crippen molar-refractivity contribution in [3.05, 3.63) is 34.9 Å². The zero-order valence-corrected chi connectivity index (χ0v) is 16.4. The largest absolute Gasteiger partial charge is 0.480 e. The quantitative estimate of drug-likeness (QED) is 0.832. The van der Waals surface area contributed by atoms with Crippen molar-refractivity contribution in [1.29, 1.82) is 0 Å². The Morgan fingerprint density at radius 1 is 1.26 bits per heavy atom. The summed E-state index contributed by atoms with van der Waals surface area (Å²) in [5.41, 5.74) is 3.85. The predicted octanol–water partition coefficient (Wildman–Crippen LogP) is 2.95. The molecule has 0 radical (unpaired) electrons. The fourth-order valence-corrected chi connectivity index (χ4v) is 4.42. The zero-order chi connectivity index (χ0) is 19.4. The Morgan fingerprint density at radius 3 is 2.67 bits per heavy atom. The number of fused-ring (bicyclic) bond motifs is 1. The first-order valence-corrected chi connectivity index (χ1v) is 10.1. The van der Waals surface area contributed by atoms with Crippen LogP contribution in [0.1, 0.15) is 55.3 Å². The molecule has 1 fully saturated rings. The first-order chi connectivity index (χ1) is 13.0. The first kappa shape index (κ1) is 19.7. The molecule has 6 nitrogen and oxygen atoms in total. The van der Waals surface area contributed by atoms with Crippen molar-refractivity contribution in [2.24, 2.45) is 0 Å². The highest BCUT2D eigenvalue weighted by Gasteiger charge is 2.29. The summed E-state index contributed by atoms with van der Waals surface area (Å²) in [7, 11) is 0. The first-order valence-electron chi connectivity index (χ1n) is 10.1. The van der Waals surface area contributed by atoms with E-state index in [4.69, 9.17) is 5.11 Å². The topological polar surface area (TPSA) is 72.9 Å². The molecule has 1 aromatic carbocycles. The molecular formula is C21H31N3O3. The molecule has 1 heterocycles. The smallest absolute Gasteiger partial charge is 0.317 e. The van der Waals surface area contributed by atoms with Crippen LogP contribution >= 0.6 is 0 Å². The Kier molecular flexibility index (Phi) is 6.37. The summed E-state index contributed by atoms with van der Waals surface area (Å²) in [6.45, 7) is 6.24. The number of aliphatic carboxylic acids is 1. The standard InChI is InChI=1S/C21H31N3O3/c1-3-23(14-20(25)26)17-9-11-24(12-10-17)21(27)22-19-6-4-5-16-8-7-15(2)13-18(16)19/h7-8,13,17,19H,3-6,9-12,14H2,1-2H3,(H,22,27)(H,25,26)/t19-/m1/s1. The monoisotopic (exact) mass is 373 g/mol. The molecule has 0 aromatic heterocycles. The number of urea groups is 1. The van der Waals surface area contributed by atoms with E-state index >= 15 is 0 Å². The maximum absolute atomic E-state index is 12.8. The Labute approximate surface area is 161 Å². The summed E-state index contributed by atoms with van der Waals surface area (Å²) < 4.78 is 0. The molecule has 148 valence electrons. The highest BCUT2D eigenvalue weighted by molar-refractivity contribution is 5.75. The second kappa shape index (κ2) is 8.74. The lowest BCUT2D eigenvalue weighted by Crippen LogP contribution is -2.51. The summed E-state index contributed by atoms with van der Waals surface area (Å²) in [5.74, 6) is -0.789. The van der Waals surface area contributed by atoms with Crippen molar-refractivity contribution in [2.45, 2.75) is 58.0 Å². The molecule has 1 aliphatic heterocycles. The number of nitrogens with one attached hydrogen (secondary N) is 1. The van der Waals surface area contributed by atoms with E-state index in [9.17, 15) is 9.59 Å². The number of aryl methyl sites for hydroxylation is 2. The molecule has 3 rings (SSSR count). The van der Waals surface area contributed by atoms with Crippen LogP contribution in [0, 0.1) is 6.92 Å². The summed E-state index contributed by atoms with van der Waals surface area (Å²) >= 11 is 0. The number of benzene rings is 1. The third-order valence-electron chi connectivity index (χ3n) is 5.93. The van der Waals surface area contributed by atoms with Crippen LogP contribution in [0.25, 0.3) is 0 Å². The molecule has 0 unspecified atom stereocenters. The van der Waals surface area contributed by atoms with Crippen LogP contribution in [0.15, 0.2) is 18.2 Å². The van der Waals surface area contributed by atoms with Crippen molar-refractivity contribution in [3.63, 3.8) is 0 Å². The van der Waals surface area contributed by atoms with Gasteiger partial charge in [-0.25, -0.2) is 4.79 Å². The minimum absolute atomic E-state index is 0.00842. The second-order valence-electron chi connectivity index (χ2n) is 7.77. The van der Waals surface area contributed by atoms with Crippen LogP contribution in [-0.4, -0.2) is 59.1 Å². The molecule has 2 N–H and O–H groups in total. The number of carbonyl (C=O) groups is 2. The van der Waals surface area contributed by atoms with E-state index in [0.717, 1.165) is 38.6 Å². The number of hydrogen-bond acceptors (Lipinski definition) is 3. The number of likely N-dealkylation sites (N-methyl/N-ethyl adjacent to an activating group) is 1. The molecule has 27 heavy (non-hydrogen) atoms. The zero-order valence-electron chi connectivity index (χ0n) is 16.4. The van der Waals surface area contributed by atoms with Crippen LogP contribution in [0.4, 0.5) is 4.79 Å². The van der Waals surface area contributed by atoms with Gasteiger partial charge in [0.05, 0.1) is 12.6 Å². The molecule has 0 bridgehead atoms. The Hall–Kier alpha value is -2.08. The van der Waals surface area contributed by atoms with E-state index in [2.05, 4.69) is 30.4 Å². The number of piperidine rings is 1. The van der Waals surface area contributed by atoms with E-state index in [1.54, 1.807) is 0 Å². The van der Waals surface area contributed by atoms with Gasteiger partial charge in [0.1, 0.15) is 0 Å². The molecule has 0 saturated carbocycles. The van der Waals surface area contributed by atoms with Gasteiger partial charge >= 0.3 is 12.0 Å². The van der Waals surface area contributed by atoms with Gasteiger partial charge in [-0.05, 0) is 56.7 Å². The number of carboxylic acid groups (broad SMARTS) is 1. The van der Waals surface area contributed by atoms with Gasteiger partial charge in [0.25, 0.3) is 0 Å².